The van der Waals surface area contributed by atoms with E-state index >= 15 is 0 Å². The Morgan fingerprint density at radius 2 is 1.71 bits per heavy atom. The third-order valence-corrected chi connectivity index (χ3v) is 7.35. The highest BCUT2D eigenvalue weighted by Gasteiger charge is 2.21. The molecule has 2 aromatic rings. The summed E-state index contributed by atoms with van der Waals surface area (Å²) in [6.45, 7) is 5.44. The van der Waals surface area contributed by atoms with Gasteiger partial charge in [-0.25, -0.2) is 0 Å². The van der Waals surface area contributed by atoms with Gasteiger partial charge in [0.05, 0.1) is 19.7 Å². The summed E-state index contributed by atoms with van der Waals surface area (Å²) >= 11 is 0. The summed E-state index contributed by atoms with van der Waals surface area (Å²) < 4.78 is 5.20. The van der Waals surface area contributed by atoms with Gasteiger partial charge < -0.3 is 15.0 Å². The highest BCUT2D eigenvalue weighted by atomic mass is 16.5. The minimum atomic E-state index is -0.00210. The minimum absolute atomic E-state index is 0.00210. The predicted octanol–water partition coefficient (Wildman–Crippen LogP) is 3.92. The zero-order valence-electron chi connectivity index (χ0n) is 21.2. The molecule has 188 valence electrons. The Morgan fingerprint density at radius 3 is 2.49 bits per heavy atom. The van der Waals surface area contributed by atoms with Gasteiger partial charge in [-0.3, -0.25) is 14.5 Å². The van der Waals surface area contributed by atoms with E-state index in [4.69, 9.17) is 4.74 Å². The maximum absolute atomic E-state index is 12.8. The number of rotatable bonds is 8. The molecule has 0 bridgehead atoms. The monoisotopic (exact) mass is 477 g/mol. The molecule has 1 atom stereocenters. The van der Waals surface area contributed by atoms with E-state index in [9.17, 15) is 9.59 Å². The molecule has 2 amide bonds. The number of fused-ring (bicyclic) bond motifs is 1. The highest BCUT2D eigenvalue weighted by molar-refractivity contribution is 5.78. The van der Waals surface area contributed by atoms with Crippen LogP contribution in [0.4, 0.5) is 0 Å². The van der Waals surface area contributed by atoms with Crippen LogP contribution in [0.5, 0.6) is 5.75 Å². The summed E-state index contributed by atoms with van der Waals surface area (Å²) in [4.78, 5) is 29.7. The summed E-state index contributed by atoms with van der Waals surface area (Å²) in [6.07, 6.45) is 6.98. The summed E-state index contributed by atoms with van der Waals surface area (Å²) in [5.41, 5.74) is 5.23. The lowest BCUT2D eigenvalue weighted by atomic mass is 9.89. The van der Waals surface area contributed by atoms with Crippen LogP contribution in [0.1, 0.15) is 60.9 Å². The van der Waals surface area contributed by atoms with Crippen molar-refractivity contribution in [2.75, 3.05) is 39.8 Å². The lowest BCUT2D eigenvalue weighted by Crippen LogP contribution is -2.40. The Hall–Kier alpha value is -2.86. The second-order valence-corrected chi connectivity index (χ2v) is 9.88. The number of carbonyl (C=O) groups excluding carboxylic acids is 2. The number of aryl methyl sites for hydroxylation is 3. The van der Waals surface area contributed by atoms with Crippen molar-refractivity contribution in [2.45, 2.75) is 57.9 Å². The molecule has 1 aliphatic heterocycles. The first-order valence-electron chi connectivity index (χ1n) is 13.1. The molecule has 0 radical (unpaired) electrons. The fourth-order valence-electron chi connectivity index (χ4n) is 5.18. The van der Waals surface area contributed by atoms with Gasteiger partial charge in [-0.1, -0.05) is 30.3 Å². The quantitative estimate of drug-likeness (QED) is 0.626. The number of nitrogens with one attached hydrogen (secondary N) is 1. The van der Waals surface area contributed by atoms with E-state index in [1.165, 1.54) is 36.0 Å². The zero-order chi connectivity index (χ0) is 24.6. The van der Waals surface area contributed by atoms with Gasteiger partial charge in [0.2, 0.25) is 11.8 Å². The Bertz CT molecular complexity index is 1000. The average molecular weight is 478 g/mol. The number of methoxy groups -OCH3 is 1. The zero-order valence-corrected chi connectivity index (χ0v) is 21.2. The molecule has 6 heteroatoms. The van der Waals surface area contributed by atoms with Gasteiger partial charge in [0.25, 0.3) is 0 Å². The molecule has 2 aliphatic rings. The van der Waals surface area contributed by atoms with Gasteiger partial charge in [0.1, 0.15) is 5.75 Å². The molecule has 0 spiro atoms. The maximum atomic E-state index is 12.8. The Labute approximate surface area is 209 Å². The average Bonchev–Trinajstić information content (AvgIpc) is 3.12. The lowest BCUT2D eigenvalue weighted by molar-refractivity contribution is -0.131. The Morgan fingerprint density at radius 1 is 0.943 bits per heavy atom. The summed E-state index contributed by atoms with van der Waals surface area (Å²) in [5.74, 6) is 1.07. The van der Waals surface area contributed by atoms with Crippen LogP contribution < -0.4 is 10.1 Å². The largest absolute Gasteiger partial charge is 0.497 e. The number of hydrogen-bond donors (Lipinski definition) is 1. The van der Waals surface area contributed by atoms with Crippen LogP contribution in [0, 0.1) is 0 Å². The third-order valence-electron chi connectivity index (χ3n) is 7.35. The van der Waals surface area contributed by atoms with Gasteiger partial charge in [-0.15, -0.1) is 0 Å². The molecule has 0 aromatic heterocycles. The van der Waals surface area contributed by atoms with Crippen LogP contribution in [-0.4, -0.2) is 61.4 Å². The second kappa shape index (κ2) is 12.2. The molecule has 1 aliphatic carbocycles. The normalized spacial score (nSPS) is 17.3. The second-order valence-electron chi connectivity index (χ2n) is 9.88. The SMILES string of the molecule is COc1ccc(CCC(=O)N2CCCN(CC(=O)NC(C)c3ccc4c(c3)CCCC4)CC2)cc1. The van der Waals surface area contributed by atoms with E-state index in [0.29, 0.717) is 19.5 Å². The molecule has 2 aromatic carbocycles. The number of benzene rings is 2. The van der Waals surface area contributed by atoms with Crippen molar-refractivity contribution in [1.82, 2.24) is 15.1 Å². The van der Waals surface area contributed by atoms with Crippen molar-refractivity contribution < 1.29 is 14.3 Å². The molecule has 4 rings (SSSR count). The highest BCUT2D eigenvalue weighted by Crippen LogP contribution is 2.24. The molecular weight excluding hydrogens is 438 g/mol. The number of hydrogen-bond acceptors (Lipinski definition) is 4. The molecule has 1 fully saturated rings. The smallest absolute Gasteiger partial charge is 0.234 e. The molecule has 6 nitrogen and oxygen atoms in total. The first-order chi connectivity index (χ1) is 17.0. The van der Waals surface area contributed by atoms with Gasteiger partial charge in [-0.2, -0.15) is 0 Å². The molecule has 0 saturated carbocycles. The van der Waals surface area contributed by atoms with E-state index in [0.717, 1.165) is 50.2 Å². The number of carbonyl (C=O) groups is 2. The Kier molecular flexibility index (Phi) is 8.80. The molecule has 35 heavy (non-hydrogen) atoms. The van der Waals surface area contributed by atoms with Gasteiger partial charge in [0, 0.05) is 32.6 Å². The van der Waals surface area contributed by atoms with E-state index < -0.39 is 0 Å². The van der Waals surface area contributed by atoms with Gasteiger partial charge in [0.15, 0.2) is 0 Å². The summed E-state index contributed by atoms with van der Waals surface area (Å²) in [5, 5.41) is 3.18. The molecule has 1 saturated heterocycles. The predicted molar refractivity (Wildman–Crippen MR) is 139 cm³/mol. The van der Waals surface area contributed by atoms with Crippen molar-refractivity contribution in [3.05, 3.63) is 64.7 Å². The molecule has 1 heterocycles. The fourth-order valence-corrected chi connectivity index (χ4v) is 5.18. The molecular formula is C29H39N3O3. The number of ether oxygens (including phenoxy) is 1. The van der Waals surface area contributed by atoms with Crippen molar-refractivity contribution in [3.63, 3.8) is 0 Å². The van der Waals surface area contributed by atoms with Crippen molar-refractivity contribution in [2.24, 2.45) is 0 Å². The van der Waals surface area contributed by atoms with Crippen LogP contribution in [0.3, 0.4) is 0 Å². The van der Waals surface area contributed by atoms with Gasteiger partial charge in [-0.05, 0) is 79.8 Å². The van der Waals surface area contributed by atoms with Gasteiger partial charge >= 0.3 is 0 Å². The van der Waals surface area contributed by atoms with Crippen LogP contribution in [0.2, 0.25) is 0 Å². The molecule has 1 N–H and O–H groups in total. The van der Waals surface area contributed by atoms with Crippen LogP contribution in [0.15, 0.2) is 42.5 Å². The first kappa shape index (κ1) is 25.2. The number of amides is 2. The van der Waals surface area contributed by atoms with Crippen LogP contribution in [0.25, 0.3) is 0 Å². The van der Waals surface area contributed by atoms with E-state index in [-0.39, 0.29) is 17.9 Å². The minimum Gasteiger partial charge on any atom is -0.497 e. The summed E-state index contributed by atoms with van der Waals surface area (Å²) in [6, 6.07) is 14.6. The Balaban J connectivity index is 1.21. The van der Waals surface area contributed by atoms with Crippen molar-refractivity contribution >= 4 is 11.8 Å². The fraction of sp³-hybridized carbons (Fsp3) is 0.517. The third kappa shape index (κ3) is 7.07. The molecule has 1 unspecified atom stereocenters. The standard InChI is InChI=1S/C29H39N3O3/c1-22(25-12-11-24-6-3-4-7-26(24)20-25)30-28(33)21-31-16-5-17-32(19-18-31)29(34)15-10-23-8-13-27(35-2)14-9-23/h8-9,11-14,20,22H,3-7,10,15-19,21H2,1-2H3,(H,30,33). The van der Waals surface area contributed by atoms with Crippen molar-refractivity contribution in [3.8, 4) is 5.75 Å². The maximum Gasteiger partial charge on any atom is 0.234 e. The summed E-state index contributed by atoms with van der Waals surface area (Å²) in [7, 11) is 1.65. The van der Waals surface area contributed by atoms with Crippen LogP contribution >= 0.6 is 0 Å². The lowest BCUT2D eigenvalue weighted by Gasteiger charge is -2.23. The topological polar surface area (TPSA) is 61.9 Å². The van der Waals surface area contributed by atoms with E-state index in [1.807, 2.05) is 29.2 Å². The van der Waals surface area contributed by atoms with E-state index in [2.05, 4.69) is 35.3 Å². The first-order valence-corrected chi connectivity index (χ1v) is 13.1. The van der Waals surface area contributed by atoms with Crippen LogP contribution in [-0.2, 0) is 28.9 Å². The number of nitrogens with zero attached hydrogens (tertiary/aromatic N) is 2. The van der Waals surface area contributed by atoms with E-state index in [1.54, 1.807) is 7.11 Å². The van der Waals surface area contributed by atoms with Crippen molar-refractivity contribution in [1.29, 1.82) is 0 Å².